The number of anilines is 2. The zero-order valence-electron chi connectivity index (χ0n) is 18.5. The molecule has 32 heavy (non-hydrogen) atoms. The number of hydrogen-bond acceptors (Lipinski definition) is 4. The number of benzene rings is 2. The molecule has 164 valence electrons. The van der Waals surface area contributed by atoms with Gasteiger partial charge >= 0.3 is 0 Å². The molecule has 1 saturated carbocycles. The summed E-state index contributed by atoms with van der Waals surface area (Å²) in [6.45, 7) is 2.75. The van der Waals surface area contributed by atoms with Crippen molar-refractivity contribution in [2.75, 3.05) is 23.4 Å². The van der Waals surface area contributed by atoms with Crippen LogP contribution in [0, 0.1) is 5.92 Å². The van der Waals surface area contributed by atoms with E-state index in [2.05, 4.69) is 12.1 Å². The van der Waals surface area contributed by atoms with Crippen molar-refractivity contribution >= 4 is 34.0 Å². The first kappa shape index (κ1) is 20.9. The van der Waals surface area contributed by atoms with Crippen molar-refractivity contribution in [3.63, 3.8) is 0 Å². The van der Waals surface area contributed by atoms with Gasteiger partial charge in [-0.15, -0.1) is 11.3 Å². The predicted molar refractivity (Wildman–Crippen MR) is 129 cm³/mol. The molecule has 1 atom stereocenters. The van der Waals surface area contributed by atoms with Crippen molar-refractivity contribution in [1.29, 1.82) is 0 Å². The highest BCUT2D eigenvalue weighted by molar-refractivity contribution is 7.14. The molecule has 2 amide bonds. The molecule has 1 aliphatic heterocycles. The largest absolute Gasteiger partial charge is 0.312 e. The Bertz CT molecular complexity index is 1150. The van der Waals surface area contributed by atoms with Crippen LogP contribution in [0.2, 0.25) is 0 Å². The Labute approximate surface area is 192 Å². The second kappa shape index (κ2) is 8.51. The van der Waals surface area contributed by atoms with E-state index in [4.69, 9.17) is 4.98 Å². The average molecular weight is 446 g/mol. The van der Waals surface area contributed by atoms with Crippen molar-refractivity contribution in [3.05, 3.63) is 65.0 Å². The quantitative estimate of drug-likeness (QED) is 0.538. The standard InChI is InChI=1S/C26H27N3O2S/c1-17(18-7-4-3-5-8-18)24(30)28(2)26-27-22(16-32-26)20-12-13-23-21(15-20)9-6-14-29(23)25(31)19-10-11-19/h3-5,7-8,12-13,15-17,19H,6,9-11,14H2,1-2H3. The molecule has 1 fully saturated rings. The van der Waals surface area contributed by atoms with Gasteiger partial charge in [-0.3, -0.25) is 14.5 Å². The third-order valence-corrected chi connectivity index (χ3v) is 7.38. The van der Waals surface area contributed by atoms with Gasteiger partial charge in [0, 0.05) is 36.1 Å². The second-order valence-electron chi connectivity index (χ2n) is 8.76. The molecule has 0 N–H and O–H groups in total. The first-order chi connectivity index (χ1) is 15.5. The molecule has 5 rings (SSSR count). The maximum absolute atomic E-state index is 13.0. The lowest BCUT2D eigenvalue weighted by Gasteiger charge is -2.30. The van der Waals surface area contributed by atoms with Crippen LogP contribution in [0.4, 0.5) is 10.8 Å². The summed E-state index contributed by atoms with van der Waals surface area (Å²) >= 11 is 1.48. The van der Waals surface area contributed by atoms with E-state index in [9.17, 15) is 9.59 Å². The van der Waals surface area contributed by atoms with Gasteiger partial charge in [-0.1, -0.05) is 36.4 Å². The third kappa shape index (κ3) is 3.95. The van der Waals surface area contributed by atoms with Crippen LogP contribution in [0.25, 0.3) is 11.3 Å². The number of aromatic nitrogens is 1. The molecule has 1 aromatic heterocycles. The molecule has 1 aliphatic carbocycles. The van der Waals surface area contributed by atoms with Crippen LogP contribution in [0.1, 0.15) is 43.2 Å². The van der Waals surface area contributed by atoms with E-state index in [1.54, 1.807) is 11.9 Å². The third-order valence-electron chi connectivity index (χ3n) is 6.47. The Morgan fingerprint density at radius 1 is 1.16 bits per heavy atom. The number of rotatable bonds is 5. The molecule has 6 heteroatoms. The maximum atomic E-state index is 13.0. The molecule has 3 aromatic rings. The Balaban J connectivity index is 1.35. The molecule has 2 heterocycles. The van der Waals surface area contributed by atoms with Gasteiger partial charge in [-0.25, -0.2) is 4.98 Å². The first-order valence-corrected chi connectivity index (χ1v) is 12.1. The van der Waals surface area contributed by atoms with Crippen LogP contribution in [-0.4, -0.2) is 30.4 Å². The Kier molecular flexibility index (Phi) is 5.55. The lowest BCUT2D eigenvalue weighted by molar-refractivity contribution is -0.120. The Hall–Kier alpha value is -2.99. The van der Waals surface area contributed by atoms with Crippen molar-refractivity contribution in [2.24, 2.45) is 5.92 Å². The molecular formula is C26H27N3O2S. The van der Waals surface area contributed by atoms with E-state index in [-0.39, 0.29) is 23.7 Å². The van der Waals surface area contributed by atoms with Gasteiger partial charge in [-0.2, -0.15) is 0 Å². The smallest absolute Gasteiger partial charge is 0.235 e. The highest BCUT2D eigenvalue weighted by atomic mass is 32.1. The highest BCUT2D eigenvalue weighted by Gasteiger charge is 2.35. The minimum Gasteiger partial charge on any atom is -0.312 e. The van der Waals surface area contributed by atoms with Crippen molar-refractivity contribution < 1.29 is 9.59 Å². The van der Waals surface area contributed by atoms with Gasteiger partial charge in [0.1, 0.15) is 0 Å². The number of aryl methyl sites for hydroxylation is 1. The molecule has 5 nitrogen and oxygen atoms in total. The first-order valence-electron chi connectivity index (χ1n) is 11.3. The average Bonchev–Trinajstić information content (AvgIpc) is 3.58. The molecule has 2 aliphatic rings. The van der Waals surface area contributed by atoms with E-state index >= 15 is 0 Å². The van der Waals surface area contributed by atoms with Crippen LogP contribution >= 0.6 is 11.3 Å². The fourth-order valence-corrected chi connectivity index (χ4v) is 5.16. The van der Waals surface area contributed by atoms with Gasteiger partial charge in [0.05, 0.1) is 11.6 Å². The zero-order chi connectivity index (χ0) is 22.2. The van der Waals surface area contributed by atoms with Gasteiger partial charge in [-0.05, 0) is 55.9 Å². The summed E-state index contributed by atoms with van der Waals surface area (Å²) in [5.74, 6) is 0.305. The van der Waals surface area contributed by atoms with E-state index in [1.807, 2.05) is 53.6 Å². The van der Waals surface area contributed by atoms with Gasteiger partial charge < -0.3 is 4.90 Å². The van der Waals surface area contributed by atoms with Crippen LogP contribution in [0.15, 0.2) is 53.9 Å². The monoisotopic (exact) mass is 445 g/mol. The molecule has 1 unspecified atom stereocenters. The minimum atomic E-state index is -0.229. The van der Waals surface area contributed by atoms with E-state index < -0.39 is 0 Å². The summed E-state index contributed by atoms with van der Waals surface area (Å²) in [6.07, 6.45) is 4.02. The lowest BCUT2D eigenvalue weighted by Crippen LogP contribution is -2.36. The summed E-state index contributed by atoms with van der Waals surface area (Å²) in [6, 6.07) is 16.1. The molecular weight excluding hydrogens is 418 g/mol. The van der Waals surface area contributed by atoms with Crippen molar-refractivity contribution in [1.82, 2.24) is 4.98 Å². The maximum Gasteiger partial charge on any atom is 0.235 e. The molecule has 0 bridgehead atoms. The van der Waals surface area contributed by atoms with Crippen LogP contribution in [-0.2, 0) is 16.0 Å². The topological polar surface area (TPSA) is 53.5 Å². The summed E-state index contributed by atoms with van der Waals surface area (Å²) in [5.41, 5.74) is 5.16. The second-order valence-corrected chi connectivity index (χ2v) is 9.59. The summed E-state index contributed by atoms with van der Waals surface area (Å²) < 4.78 is 0. The predicted octanol–water partition coefficient (Wildman–Crippen LogP) is 5.27. The molecule has 0 spiro atoms. The van der Waals surface area contributed by atoms with Gasteiger partial charge in [0.25, 0.3) is 0 Å². The number of hydrogen-bond donors (Lipinski definition) is 0. The molecule has 0 saturated heterocycles. The number of nitrogens with zero attached hydrogens (tertiary/aromatic N) is 3. The highest BCUT2D eigenvalue weighted by Crippen LogP contribution is 2.38. The number of amides is 2. The fourth-order valence-electron chi connectivity index (χ4n) is 4.36. The van der Waals surface area contributed by atoms with Gasteiger partial charge in [0.2, 0.25) is 11.8 Å². The van der Waals surface area contributed by atoms with Crippen LogP contribution in [0.5, 0.6) is 0 Å². The Morgan fingerprint density at radius 3 is 2.69 bits per heavy atom. The fraction of sp³-hybridized carbons (Fsp3) is 0.346. The van der Waals surface area contributed by atoms with Gasteiger partial charge in [0.15, 0.2) is 5.13 Å². The van der Waals surface area contributed by atoms with Crippen molar-refractivity contribution in [2.45, 2.75) is 38.5 Å². The SMILES string of the molecule is CC(C(=O)N(C)c1nc(-c2ccc3c(c2)CCCN3C(=O)C2CC2)cs1)c1ccccc1. The van der Waals surface area contributed by atoms with Crippen LogP contribution in [0.3, 0.4) is 0 Å². The zero-order valence-corrected chi connectivity index (χ0v) is 19.3. The Morgan fingerprint density at radius 2 is 1.94 bits per heavy atom. The van der Waals surface area contributed by atoms with Crippen LogP contribution < -0.4 is 9.80 Å². The number of carbonyl (C=O) groups is 2. The number of thiazole rings is 1. The lowest BCUT2D eigenvalue weighted by atomic mass is 9.98. The number of carbonyl (C=O) groups excluding carboxylic acids is 2. The summed E-state index contributed by atoms with van der Waals surface area (Å²) in [4.78, 5) is 34.0. The van der Waals surface area contributed by atoms with E-state index in [1.165, 1.54) is 16.9 Å². The molecule has 0 radical (unpaired) electrons. The minimum absolute atomic E-state index is 0.0248. The van der Waals surface area contributed by atoms with Crippen molar-refractivity contribution in [3.8, 4) is 11.3 Å². The summed E-state index contributed by atoms with van der Waals surface area (Å²) in [7, 11) is 1.79. The van der Waals surface area contributed by atoms with E-state index in [0.29, 0.717) is 5.13 Å². The van der Waals surface area contributed by atoms with E-state index in [0.717, 1.165) is 54.7 Å². The normalized spacial score (nSPS) is 16.4. The number of likely N-dealkylation sites (N-methyl/N-ethyl adjacent to an activating group) is 1. The molecule has 2 aromatic carbocycles. The number of fused-ring (bicyclic) bond motifs is 1. The summed E-state index contributed by atoms with van der Waals surface area (Å²) in [5, 5.41) is 2.69.